The highest BCUT2D eigenvalue weighted by atomic mass is 16.6. The van der Waals surface area contributed by atoms with Gasteiger partial charge >= 0.3 is 12.2 Å². The normalized spacial score (nSPS) is 12.1. The standard InChI is InChI=1S/C38H44N14O10/c39-35(40)51-33(57)25-13-11-23(47-25)29(53)45-17-27(49-37(59)61-19-21-7-3-1-4-8-21)31(55)43-15-16-44-32(56)28(50-38(60)62-20-22-9-5-2-6-10-22)18-46-30(54)24-12-14-26(48-24)34(58)52-36(41)42/h1-14,27-28,47-48H,15-20H2,(H,43,55)(H,44,56)(H,45,53)(H,46,54)(H,49,59)(H,50,60)(H4,39,40,51,57)(H4,41,42,52,58)/p+2/t27-,28-/m0/s1. The first-order chi connectivity index (χ1) is 29.7. The van der Waals surface area contributed by atoms with E-state index in [2.05, 4.69) is 51.2 Å². The van der Waals surface area contributed by atoms with Crippen LogP contribution in [-0.2, 0) is 32.3 Å². The van der Waals surface area contributed by atoms with E-state index in [0.29, 0.717) is 11.1 Å². The van der Waals surface area contributed by atoms with Crippen molar-refractivity contribution in [3.8, 4) is 0 Å². The number of guanidine groups is 2. The molecule has 0 aliphatic heterocycles. The smallest absolute Gasteiger partial charge is 0.430 e. The fourth-order valence-corrected chi connectivity index (χ4v) is 5.11. The summed E-state index contributed by atoms with van der Waals surface area (Å²) in [6, 6.07) is 20.1. The van der Waals surface area contributed by atoms with E-state index in [-0.39, 0.29) is 49.1 Å². The highest BCUT2D eigenvalue weighted by Crippen LogP contribution is 2.06. The Kier molecular flexibility index (Phi) is 17.1. The highest BCUT2D eigenvalue weighted by molar-refractivity contribution is 6.03. The average molecular weight is 859 g/mol. The SMILES string of the molecule is NC(N)=NC(=O)c1ccc(C(=O)NC[C@H]([NH+]=C(O)OCc2ccccc2)C(=O)NCCNC(=O)[C@H](CNC(=O)c2ccc(C(=O)N=C(N)N)[nH]2)[NH+]=C(O)OCc2ccccc2)[nH]1. The van der Waals surface area contributed by atoms with Gasteiger partial charge in [0.25, 0.3) is 47.5 Å². The van der Waals surface area contributed by atoms with Crippen LogP contribution in [0.2, 0.25) is 0 Å². The van der Waals surface area contributed by atoms with Crippen LogP contribution in [0.15, 0.2) is 94.9 Å². The minimum absolute atomic E-state index is 0.0629. The number of rotatable bonds is 19. The van der Waals surface area contributed by atoms with Crippen LogP contribution in [-0.4, -0.2) is 118 Å². The van der Waals surface area contributed by atoms with Gasteiger partial charge in [-0.25, -0.2) is 0 Å². The zero-order chi connectivity index (χ0) is 45.0. The number of aliphatic imine (C=N–C) groups is 2. The molecule has 2 heterocycles. The van der Waals surface area contributed by atoms with Gasteiger partial charge in [0.1, 0.15) is 36.0 Å². The number of hydrogen-bond donors (Lipinski definition) is 14. The van der Waals surface area contributed by atoms with Gasteiger partial charge in [0.15, 0.2) is 11.9 Å². The molecule has 4 aromatic rings. The van der Waals surface area contributed by atoms with Crippen molar-refractivity contribution in [1.29, 1.82) is 0 Å². The first-order valence-corrected chi connectivity index (χ1v) is 18.4. The Bertz CT molecular complexity index is 2150. The summed E-state index contributed by atoms with van der Waals surface area (Å²) in [5, 5.41) is 31.2. The summed E-state index contributed by atoms with van der Waals surface area (Å²) >= 11 is 0. The Morgan fingerprint density at radius 2 is 0.903 bits per heavy atom. The van der Waals surface area contributed by atoms with E-state index in [0.717, 1.165) is 0 Å². The van der Waals surface area contributed by atoms with E-state index in [1.807, 2.05) is 0 Å². The van der Waals surface area contributed by atoms with Crippen molar-refractivity contribution in [2.45, 2.75) is 25.3 Å². The van der Waals surface area contributed by atoms with E-state index in [1.165, 1.54) is 24.3 Å². The van der Waals surface area contributed by atoms with Gasteiger partial charge in [0.05, 0.1) is 13.1 Å². The molecule has 0 unspecified atom stereocenters. The van der Waals surface area contributed by atoms with Gasteiger partial charge in [-0.1, -0.05) is 60.7 Å². The molecule has 326 valence electrons. The summed E-state index contributed by atoms with van der Waals surface area (Å²) in [6.45, 7) is -1.34. The van der Waals surface area contributed by atoms with Crippen molar-refractivity contribution in [2.75, 3.05) is 26.2 Å². The quantitative estimate of drug-likeness (QED) is 0.0238. The lowest BCUT2D eigenvalue weighted by Crippen LogP contribution is -2.86. The lowest BCUT2D eigenvalue weighted by molar-refractivity contribution is -0.505. The first-order valence-electron chi connectivity index (χ1n) is 18.4. The molecular formula is C38H46N14O10+2. The fraction of sp³-hybridized carbons (Fsp3) is 0.211. The number of nitrogens with one attached hydrogen (secondary N) is 8. The van der Waals surface area contributed by atoms with E-state index in [9.17, 15) is 39.0 Å². The number of carbonyl (C=O) groups excluding carboxylic acids is 6. The fourth-order valence-electron chi connectivity index (χ4n) is 5.11. The second-order valence-corrected chi connectivity index (χ2v) is 12.8. The summed E-state index contributed by atoms with van der Waals surface area (Å²) < 4.78 is 10.7. The molecule has 0 radical (unpaired) electrons. The van der Waals surface area contributed by atoms with Crippen LogP contribution in [0.4, 0.5) is 0 Å². The summed E-state index contributed by atoms with van der Waals surface area (Å²) in [5.41, 5.74) is 22.1. The maximum atomic E-state index is 13.4. The summed E-state index contributed by atoms with van der Waals surface area (Å²) in [4.78, 5) is 93.7. The number of benzene rings is 2. The minimum Gasteiger partial charge on any atom is -0.430 e. The second-order valence-electron chi connectivity index (χ2n) is 12.8. The molecule has 6 amide bonds. The molecule has 2 aromatic heterocycles. The Balaban J connectivity index is 1.40. The molecule has 2 atom stereocenters. The van der Waals surface area contributed by atoms with Gasteiger partial charge in [0.2, 0.25) is 0 Å². The largest absolute Gasteiger partial charge is 0.546 e. The molecule has 0 aliphatic carbocycles. The van der Waals surface area contributed by atoms with Gasteiger partial charge in [-0.15, -0.1) is 0 Å². The number of H-pyrrole nitrogens is 2. The number of carbonyl (C=O) groups is 6. The van der Waals surface area contributed by atoms with Crippen LogP contribution in [0.1, 0.15) is 53.1 Å². The zero-order valence-electron chi connectivity index (χ0n) is 32.8. The molecule has 24 nitrogen and oxygen atoms in total. The number of hydrogen-bond acceptors (Lipinski definition) is 8. The Morgan fingerprint density at radius 1 is 0.548 bits per heavy atom. The number of nitrogens with zero attached hydrogens (tertiary/aromatic N) is 2. The molecule has 0 saturated heterocycles. The Labute approximate surface area is 352 Å². The van der Waals surface area contributed by atoms with E-state index in [1.54, 1.807) is 60.7 Å². The van der Waals surface area contributed by atoms with E-state index < -0.39 is 84.7 Å². The average Bonchev–Trinajstić information content (AvgIpc) is 3.96. The molecule has 4 rings (SSSR count). The van der Waals surface area contributed by atoms with Crippen molar-refractivity contribution >= 4 is 59.5 Å². The Morgan fingerprint density at radius 3 is 1.26 bits per heavy atom. The maximum Gasteiger partial charge on any atom is 0.546 e. The van der Waals surface area contributed by atoms with Crippen LogP contribution >= 0.6 is 0 Å². The van der Waals surface area contributed by atoms with Crippen LogP contribution in [0.5, 0.6) is 0 Å². The predicted molar refractivity (Wildman–Crippen MR) is 220 cm³/mol. The van der Waals surface area contributed by atoms with E-state index in [4.69, 9.17) is 32.4 Å². The number of aromatic amines is 2. The molecular weight excluding hydrogens is 813 g/mol. The molecule has 18 N–H and O–H groups in total. The third-order valence-electron chi connectivity index (χ3n) is 8.11. The van der Waals surface area contributed by atoms with Crippen molar-refractivity contribution in [1.82, 2.24) is 31.2 Å². The van der Waals surface area contributed by atoms with Crippen LogP contribution in [0, 0.1) is 0 Å². The van der Waals surface area contributed by atoms with Gasteiger partial charge in [-0.3, -0.25) is 28.8 Å². The maximum absolute atomic E-state index is 13.4. The highest BCUT2D eigenvalue weighted by Gasteiger charge is 2.29. The number of nitrogens with two attached hydrogens (primary N) is 4. The second kappa shape index (κ2) is 23.0. The van der Waals surface area contributed by atoms with Gasteiger partial charge in [-0.2, -0.15) is 20.0 Å². The number of aliphatic hydroxyl groups is 2. The first kappa shape index (κ1) is 46.0. The molecule has 0 aliphatic rings. The number of aliphatic hydroxyl groups excluding tert-OH is 2. The topological polar surface area (TPSA) is 398 Å². The van der Waals surface area contributed by atoms with Crippen molar-refractivity contribution in [3.63, 3.8) is 0 Å². The molecule has 24 heteroatoms. The zero-order valence-corrected chi connectivity index (χ0v) is 32.8. The third-order valence-corrected chi connectivity index (χ3v) is 8.11. The summed E-state index contributed by atoms with van der Waals surface area (Å²) in [7, 11) is 0. The molecule has 2 aromatic carbocycles. The summed E-state index contributed by atoms with van der Waals surface area (Å²) in [6.07, 6.45) is -1.47. The van der Waals surface area contributed by atoms with E-state index >= 15 is 0 Å². The summed E-state index contributed by atoms with van der Waals surface area (Å²) in [5.74, 6) is -5.59. The molecule has 62 heavy (non-hydrogen) atoms. The lowest BCUT2D eigenvalue weighted by Gasteiger charge is -2.13. The van der Waals surface area contributed by atoms with Crippen LogP contribution < -0.4 is 54.2 Å². The number of amides is 6. The lowest BCUT2D eigenvalue weighted by atomic mass is 10.2. The van der Waals surface area contributed by atoms with Crippen LogP contribution in [0.3, 0.4) is 0 Å². The minimum atomic E-state index is -1.34. The third kappa shape index (κ3) is 15.2. The van der Waals surface area contributed by atoms with Crippen molar-refractivity contribution < 1.29 is 58.4 Å². The van der Waals surface area contributed by atoms with Gasteiger partial charge in [0, 0.05) is 13.1 Å². The van der Waals surface area contributed by atoms with Crippen molar-refractivity contribution in [2.24, 2.45) is 32.9 Å². The predicted octanol–water partition coefficient (Wildman–Crippen LogP) is -5.28. The number of ether oxygens (including phenoxy) is 2. The molecule has 0 spiro atoms. The van der Waals surface area contributed by atoms with Crippen LogP contribution in [0.25, 0.3) is 0 Å². The molecule has 0 fully saturated rings. The Hall–Kier alpha value is -8.70. The van der Waals surface area contributed by atoms with Gasteiger partial charge in [-0.05, 0) is 35.4 Å². The van der Waals surface area contributed by atoms with Crippen molar-refractivity contribution in [3.05, 3.63) is 119 Å². The monoisotopic (exact) mass is 858 g/mol. The van der Waals surface area contributed by atoms with Gasteiger partial charge < -0.3 is 73.9 Å². The molecule has 0 saturated carbocycles. The molecule has 0 bridgehead atoms. The number of aromatic nitrogens is 2.